The van der Waals surface area contributed by atoms with Gasteiger partial charge >= 0.3 is 5.97 Å². The molecular weight excluding hydrogens is 225 g/mol. The van der Waals surface area contributed by atoms with E-state index in [-0.39, 0.29) is 17.7 Å². The second kappa shape index (κ2) is 4.55. The van der Waals surface area contributed by atoms with Crippen molar-refractivity contribution < 1.29 is 19.0 Å². The summed E-state index contributed by atoms with van der Waals surface area (Å²) in [5, 5.41) is 10.4. The molecule has 1 heterocycles. The summed E-state index contributed by atoms with van der Waals surface area (Å²) in [5.41, 5.74) is 0.184. The lowest BCUT2D eigenvalue weighted by atomic mass is 10.1. The molecular formula is C12H12FNO3. The zero-order valence-corrected chi connectivity index (χ0v) is 9.24. The predicted octanol–water partition coefficient (Wildman–Crippen LogP) is 1.90. The smallest absolute Gasteiger partial charge is 0.339 e. The summed E-state index contributed by atoms with van der Waals surface area (Å²) in [6, 6.07) is 4.72. The molecule has 5 heteroatoms. The Morgan fingerprint density at radius 3 is 3.00 bits per heavy atom. The van der Waals surface area contributed by atoms with Gasteiger partial charge in [0.1, 0.15) is 0 Å². The number of halogens is 1. The van der Waals surface area contributed by atoms with Gasteiger partial charge in [-0.15, -0.1) is 0 Å². The standard InChI is InChI=1S/C12H12FNO3/c1-2-17-12(16)11(15)8-4-3-7-5-6-14-10(7)9(8)13/h3-6,11,14-15H,2H2,1H3. The zero-order chi connectivity index (χ0) is 12.4. The van der Waals surface area contributed by atoms with Gasteiger partial charge in [0.25, 0.3) is 0 Å². The second-order valence-corrected chi connectivity index (χ2v) is 3.57. The minimum absolute atomic E-state index is 0.0848. The number of H-pyrrole nitrogens is 1. The highest BCUT2D eigenvalue weighted by Crippen LogP contribution is 2.25. The molecule has 0 aliphatic heterocycles. The van der Waals surface area contributed by atoms with Gasteiger partial charge in [-0.05, 0) is 13.0 Å². The van der Waals surface area contributed by atoms with Crippen LogP contribution in [0.5, 0.6) is 0 Å². The number of aliphatic hydroxyl groups excluding tert-OH is 1. The van der Waals surface area contributed by atoms with Crippen LogP contribution >= 0.6 is 0 Å². The maximum atomic E-state index is 14.0. The highest BCUT2D eigenvalue weighted by Gasteiger charge is 2.23. The van der Waals surface area contributed by atoms with E-state index in [0.29, 0.717) is 5.39 Å². The Labute approximate surface area is 97.0 Å². The molecule has 1 aromatic carbocycles. The van der Waals surface area contributed by atoms with Crippen LogP contribution in [0.15, 0.2) is 24.4 Å². The molecule has 0 aliphatic carbocycles. The van der Waals surface area contributed by atoms with E-state index < -0.39 is 17.9 Å². The fraction of sp³-hybridized carbons (Fsp3) is 0.250. The number of esters is 1. The summed E-state index contributed by atoms with van der Waals surface area (Å²) in [4.78, 5) is 14.0. The van der Waals surface area contributed by atoms with E-state index in [9.17, 15) is 14.3 Å². The third kappa shape index (κ3) is 2.01. The molecule has 0 amide bonds. The number of rotatable bonds is 3. The van der Waals surface area contributed by atoms with Crippen LogP contribution in [0.4, 0.5) is 4.39 Å². The van der Waals surface area contributed by atoms with Gasteiger partial charge in [-0.1, -0.05) is 12.1 Å². The van der Waals surface area contributed by atoms with Gasteiger partial charge in [-0.2, -0.15) is 0 Å². The number of benzene rings is 1. The fourth-order valence-corrected chi connectivity index (χ4v) is 1.67. The number of fused-ring (bicyclic) bond motifs is 1. The van der Waals surface area contributed by atoms with E-state index in [1.165, 1.54) is 6.07 Å². The average Bonchev–Trinajstić information content (AvgIpc) is 2.78. The first-order valence-electron chi connectivity index (χ1n) is 5.25. The Hall–Kier alpha value is -1.88. The Balaban J connectivity index is 2.41. The molecule has 1 aromatic heterocycles. The van der Waals surface area contributed by atoms with Crippen molar-refractivity contribution in [1.29, 1.82) is 0 Å². The molecule has 0 spiro atoms. The molecule has 2 N–H and O–H groups in total. The van der Waals surface area contributed by atoms with Gasteiger partial charge in [0, 0.05) is 17.1 Å². The van der Waals surface area contributed by atoms with Crippen molar-refractivity contribution in [2.75, 3.05) is 6.61 Å². The quantitative estimate of drug-likeness (QED) is 0.801. The molecule has 0 saturated carbocycles. The minimum atomic E-state index is -1.59. The first-order chi connectivity index (χ1) is 8.15. The molecule has 90 valence electrons. The van der Waals surface area contributed by atoms with Crippen LogP contribution in [0, 0.1) is 5.82 Å². The molecule has 1 unspecified atom stereocenters. The Morgan fingerprint density at radius 2 is 2.29 bits per heavy atom. The van der Waals surface area contributed by atoms with Gasteiger partial charge in [0.2, 0.25) is 0 Å². The normalized spacial score (nSPS) is 12.6. The van der Waals surface area contributed by atoms with E-state index >= 15 is 0 Å². The van der Waals surface area contributed by atoms with Gasteiger partial charge in [0.05, 0.1) is 12.1 Å². The van der Waals surface area contributed by atoms with Crippen LogP contribution in [-0.4, -0.2) is 22.7 Å². The van der Waals surface area contributed by atoms with Crippen molar-refractivity contribution in [3.05, 3.63) is 35.8 Å². The van der Waals surface area contributed by atoms with Crippen LogP contribution in [-0.2, 0) is 9.53 Å². The molecule has 0 radical (unpaired) electrons. The van der Waals surface area contributed by atoms with Crippen molar-refractivity contribution in [3.8, 4) is 0 Å². The summed E-state index contributed by atoms with van der Waals surface area (Å²) < 4.78 is 18.6. The largest absolute Gasteiger partial charge is 0.464 e. The second-order valence-electron chi connectivity index (χ2n) is 3.57. The van der Waals surface area contributed by atoms with Crippen LogP contribution in [0.1, 0.15) is 18.6 Å². The third-order valence-electron chi connectivity index (χ3n) is 2.50. The third-order valence-corrected chi connectivity index (χ3v) is 2.50. The van der Waals surface area contributed by atoms with Gasteiger partial charge in [-0.3, -0.25) is 0 Å². The lowest BCUT2D eigenvalue weighted by Crippen LogP contribution is -2.16. The zero-order valence-electron chi connectivity index (χ0n) is 9.24. The molecule has 1 atom stereocenters. The number of carbonyl (C=O) groups is 1. The van der Waals surface area contributed by atoms with Crippen molar-refractivity contribution in [1.82, 2.24) is 4.98 Å². The minimum Gasteiger partial charge on any atom is -0.464 e. The molecule has 0 bridgehead atoms. The number of nitrogens with one attached hydrogen (secondary N) is 1. The summed E-state index contributed by atoms with van der Waals surface area (Å²) in [6.45, 7) is 1.76. The summed E-state index contributed by atoms with van der Waals surface area (Å²) >= 11 is 0. The Morgan fingerprint density at radius 1 is 1.53 bits per heavy atom. The van der Waals surface area contributed by atoms with Crippen molar-refractivity contribution in [2.45, 2.75) is 13.0 Å². The van der Waals surface area contributed by atoms with E-state index in [1.807, 2.05) is 0 Å². The lowest BCUT2D eigenvalue weighted by molar-refractivity contribution is -0.153. The SMILES string of the molecule is CCOC(=O)C(O)c1ccc2cc[nH]c2c1F. The summed E-state index contributed by atoms with van der Waals surface area (Å²) in [6.07, 6.45) is -0.00323. The Bertz CT molecular complexity index is 550. The molecule has 2 aromatic rings. The fourth-order valence-electron chi connectivity index (χ4n) is 1.67. The van der Waals surface area contributed by atoms with E-state index in [4.69, 9.17) is 0 Å². The monoisotopic (exact) mass is 237 g/mol. The maximum Gasteiger partial charge on any atom is 0.339 e. The molecule has 4 nitrogen and oxygen atoms in total. The molecule has 0 saturated heterocycles. The first-order valence-corrected chi connectivity index (χ1v) is 5.25. The van der Waals surface area contributed by atoms with Crippen molar-refractivity contribution in [2.24, 2.45) is 0 Å². The molecule has 0 fully saturated rings. The van der Waals surface area contributed by atoms with Crippen LogP contribution in [0.3, 0.4) is 0 Å². The van der Waals surface area contributed by atoms with Gasteiger partial charge in [-0.25, -0.2) is 9.18 Å². The molecule has 17 heavy (non-hydrogen) atoms. The van der Waals surface area contributed by atoms with Crippen LogP contribution < -0.4 is 0 Å². The van der Waals surface area contributed by atoms with Gasteiger partial charge < -0.3 is 14.8 Å². The summed E-state index contributed by atoms with van der Waals surface area (Å²) in [7, 11) is 0. The van der Waals surface area contributed by atoms with E-state index in [2.05, 4.69) is 9.72 Å². The van der Waals surface area contributed by atoms with E-state index in [1.54, 1.807) is 25.3 Å². The van der Waals surface area contributed by atoms with Crippen molar-refractivity contribution in [3.63, 3.8) is 0 Å². The number of aliphatic hydroxyl groups is 1. The van der Waals surface area contributed by atoms with E-state index in [0.717, 1.165) is 0 Å². The van der Waals surface area contributed by atoms with Crippen molar-refractivity contribution >= 4 is 16.9 Å². The lowest BCUT2D eigenvalue weighted by Gasteiger charge is -2.11. The first kappa shape index (κ1) is 11.6. The number of carbonyl (C=O) groups excluding carboxylic acids is 1. The average molecular weight is 237 g/mol. The van der Waals surface area contributed by atoms with Crippen LogP contribution in [0.25, 0.3) is 10.9 Å². The Kier molecular flexibility index (Phi) is 3.10. The van der Waals surface area contributed by atoms with Crippen LogP contribution in [0.2, 0.25) is 0 Å². The number of hydrogen-bond acceptors (Lipinski definition) is 3. The highest BCUT2D eigenvalue weighted by atomic mass is 19.1. The maximum absolute atomic E-state index is 14.0. The molecule has 2 rings (SSSR count). The highest BCUT2D eigenvalue weighted by molar-refractivity contribution is 5.83. The topological polar surface area (TPSA) is 62.3 Å². The number of aromatic nitrogens is 1. The molecule has 0 aliphatic rings. The number of aromatic amines is 1. The predicted molar refractivity (Wildman–Crippen MR) is 59.8 cm³/mol. The summed E-state index contributed by atoms with van der Waals surface area (Å²) in [5.74, 6) is -1.48. The number of hydrogen-bond donors (Lipinski definition) is 2. The number of ether oxygens (including phenoxy) is 1. The van der Waals surface area contributed by atoms with Gasteiger partial charge in [0.15, 0.2) is 11.9 Å².